The van der Waals surface area contributed by atoms with Crippen LogP contribution in [0.25, 0.3) is 11.1 Å². The predicted molar refractivity (Wildman–Crippen MR) is 94.3 cm³/mol. The molecule has 3 rings (SSSR count). The smallest absolute Gasteiger partial charge is 0.304 e. The van der Waals surface area contributed by atoms with E-state index in [1.807, 2.05) is 0 Å². The maximum atomic E-state index is 13.0. The van der Waals surface area contributed by atoms with Crippen LogP contribution in [0.4, 0.5) is 5.69 Å². The van der Waals surface area contributed by atoms with Crippen molar-refractivity contribution in [3.8, 4) is 0 Å². The number of nitrogens with zero attached hydrogens (tertiary/aromatic N) is 1. The molecule has 1 fully saturated rings. The fourth-order valence-corrected chi connectivity index (χ4v) is 3.86. The fourth-order valence-electron chi connectivity index (χ4n) is 3.86. The molecule has 1 aliphatic rings. The quantitative estimate of drug-likeness (QED) is 0.850. The van der Waals surface area contributed by atoms with E-state index in [-0.39, 0.29) is 18.2 Å². The van der Waals surface area contributed by atoms with Crippen LogP contribution in [-0.4, -0.2) is 22.0 Å². The summed E-state index contributed by atoms with van der Waals surface area (Å²) in [6, 6.07) is 5.28. The van der Waals surface area contributed by atoms with Crippen LogP contribution in [0.5, 0.6) is 0 Å². The van der Waals surface area contributed by atoms with Crippen molar-refractivity contribution in [2.24, 2.45) is 11.3 Å². The number of carboxylic acids is 1. The average Bonchev–Trinajstić information content (AvgIpc) is 2.94. The Morgan fingerprint density at radius 2 is 2.04 bits per heavy atom. The molecule has 134 valence electrons. The lowest BCUT2D eigenvalue weighted by Gasteiger charge is -2.37. The molecule has 6 nitrogen and oxygen atoms in total. The number of rotatable bonds is 5. The standard InChI is InChI=1S/C19H24N2O4/c1-12-20-15-10-14(8-9-16(15)25-12)21-18(24)19(2,11-17(22)23)13-6-4-3-5-7-13/h8-10,13H,3-7,11H2,1-2H3,(H,21,24)(H,22,23)/t19-/m1/s1. The number of carbonyl (C=O) groups is 2. The number of carboxylic acid groups (broad SMARTS) is 1. The highest BCUT2D eigenvalue weighted by Gasteiger charge is 2.43. The zero-order valence-corrected chi connectivity index (χ0v) is 14.7. The van der Waals surface area contributed by atoms with Gasteiger partial charge in [-0.1, -0.05) is 19.3 Å². The van der Waals surface area contributed by atoms with Gasteiger partial charge in [0.25, 0.3) is 0 Å². The van der Waals surface area contributed by atoms with E-state index in [9.17, 15) is 14.7 Å². The molecular formula is C19H24N2O4. The zero-order valence-electron chi connectivity index (χ0n) is 14.7. The van der Waals surface area contributed by atoms with Crippen LogP contribution in [0.1, 0.15) is 51.3 Å². The number of aliphatic carboxylic acids is 1. The van der Waals surface area contributed by atoms with Crippen LogP contribution in [0.2, 0.25) is 0 Å². The third-order valence-electron chi connectivity index (χ3n) is 5.30. The number of hydrogen-bond donors (Lipinski definition) is 2. The first kappa shape index (κ1) is 17.5. The molecule has 6 heteroatoms. The second kappa shape index (κ2) is 6.86. The van der Waals surface area contributed by atoms with Gasteiger partial charge < -0.3 is 14.8 Å². The number of aryl methyl sites for hydroxylation is 1. The summed E-state index contributed by atoms with van der Waals surface area (Å²) in [6.45, 7) is 3.55. The molecule has 1 aromatic heterocycles. The molecule has 25 heavy (non-hydrogen) atoms. The number of carbonyl (C=O) groups excluding carboxylic acids is 1. The molecule has 1 atom stereocenters. The second-order valence-corrected chi connectivity index (χ2v) is 7.19. The molecule has 2 N–H and O–H groups in total. The minimum absolute atomic E-state index is 0.0929. The topological polar surface area (TPSA) is 92.4 Å². The Labute approximate surface area is 146 Å². The molecular weight excluding hydrogens is 320 g/mol. The summed E-state index contributed by atoms with van der Waals surface area (Å²) in [7, 11) is 0. The maximum Gasteiger partial charge on any atom is 0.304 e. The SMILES string of the molecule is Cc1nc2cc(NC(=O)[C@](C)(CC(=O)O)C3CCCCC3)ccc2o1. The number of nitrogens with one attached hydrogen (secondary N) is 1. The second-order valence-electron chi connectivity index (χ2n) is 7.19. The third kappa shape index (κ3) is 3.67. The van der Waals surface area contributed by atoms with Crippen LogP contribution < -0.4 is 5.32 Å². The van der Waals surface area contributed by atoms with Crippen LogP contribution in [-0.2, 0) is 9.59 Å². The normalized spacial score (nSPS) is 18.0. The largest absolute Gasteiger partial charge is 0.481 e. The van der Waals surface area contributed by atoms with Crippen molar-refractivity contribution in [2.75, 3.05) is 5.32 Å². The van der Waals surface area contributed by atoms with Gasteiger partial charge in [0.1, 0.15) is 5.52 Å². The van der Waals surface area contributed by atoms with Gasteiger partial charge in [0, 0.05) is 12.6 Å². The Balaban J connectivity index is 1.83. The molecule has 1 amide bonds. The van der Waals surface area contributed by atoms with E-state index in [4.69, 9.17) is 4.42 Å². The molecule has 2 aromatic rings. The molecule has 0 bridgehead atoms. The highest BCUT2D eigenvalue weighted by molar-refractivity contribution is 5.98. The Morgan fingerprint density at radius 1 is 1.32 bits per heavy atom. The molecule has 1 heterocycles. The van der Waals surface area contributed by atoms with Crippen LogP contribution >= 0.6 is 0 Å². The Morgan fingerprint density at radius 3 is 2.72 bits per heavy atom. The molecule has 1 aliphatic carbocycles. The third-order valence-corrected chi connectivity index (χ3v) is 5.30. The Hall–Kier alpha value is -2.37. The van der Waals surface area contributed by atoms with Gasteiger partial charge >= 0.3 is 5.97 Å². The molecule has 1 saturated carbocycles. The first-order valence-electron chi connectivity index (χ1n) is 8.79. The summed E-state index contributed by atoms with van der Waals surface area (Å²) in [4.78, 5) is 28.7. The number of amides is 1. The van der Waals surface area contributed by atoms with Crippen LogP contribution in [0, 0.1) is 18.3 Å². The number of oxazole rings is 1. The van der Waals surface area contributed by atoms with Crippen molar-refractivity contribution in [3.05, 3.63) is 24.1 Å². The number of benzene rings is 1. The van der Waals surface area contributed by atoms with E-state index in [0.717, 1.165) is 32.1 Å². The van der Waals surface area contributed by atoms with Crippen molar-refractivity contribution < 1.29 is 19.1 Å². The van der Waals surface area contributed by atoms with Gasteiger partial charge in [0.05, 0.1) is 11.8 Å². The lowest BCUT2D eigenvalue weighted by atomic mass is 9.67. The summed E-state index contributed by atoms with van der Waals surface area (Å²) in [6.07, 6.45) is 4.91. The van der Waals surface area contributed by atoms with E-state index < -0.39 is 11.4 Å². The van der Waals surface area contributed by atoms with Gasteiger partial charge in [-0.25, -0.2) is 4.98 Å². The minimum Gasteiger partial charge on any atom is -0.481 e. The van der Waals surface area contributed by atoms with E-state index in [2.05, 4.69) is 10.3 Å². The summed E-state index contributed by atoms with van der Waals surface area (Å²) < 4.78 is 5.44. The summed E-state index contributed by atoms with van der Waals surface area (Å²) >= 11 is 0. The van der Waals surface area contributed by atoms with Gasteiger partial charge in [0.2, 0.25) is 5.91 Å². The van der Waals surface area contributed by atoms with Crippen molar-refractivity contribution in [3.63, 3.8) is 0 Å². The molecule has 0 aliphatic heterocycles. The Kier molecular flexibility index (Phi) is 4.79. The molecule has 0 saturated heterocycles. The molecule has 0 unspecified atom stereocenters. The minimum atomic E-state index is -0.939. The van der Waals surface area contributed by atoms with Gasteiger partial charge in [-0.15, -0.1) is 0 Å². The van der Waals surface area contributed by atoms with Crippen molar-refractivity contribution >= 4 is 28.7 Å². The number of hydrogen-bond acceptors (Lipinski definition) is 4. The summed E-state index contributed by atoms with van der Waals surface area (Å²) in [5, 5.41) is 12.2. The average molecular weight is 344 g/mol. The van der Waals surface area contributed by atoms with Gasteiger partial charge in [-0.3, -0.25) is 9.59 Å². The van der Waals surface area contributed by atoms with E-state index >= 15 is 0 Å². The molecule has 1 aromatic carbocycles. The first-order chi connectivity index (χ1) is 11.9. The number of fused-ring (bicyclic) bond motifs is 1. The van der Waals surface area contributed by atoms with Crippen molar-refractivity contribution in [2.45, 2.75) is 52.4 Å². The summed E-state index contributed by atoms with van der Waals surface area (Å²) in [5.41, 5.74) is 1.03. The predicted octanol–water partition coefficient (Wildman–Crippen LogP) is 4.14. The van der Waals surface area contributed by atoms with Gasteiger partial charge in [-0.05, 0) is 43.9 Å². The first-order valence-corrected chi connectivity index (χ1v) is 8.79. The van der Waals surface area contributed by atoms with Gasteiger partial charge in [-0.2, -0.15) is 0 Å². The van der Waals surface area contributed by atoms with Crippen LogP contribution in [0.3, 0.4) is 0 Å². The monoisotopic (exact) mass is 344 g/mol. The van der Waals surface area contributed by atoms with Crippen molar-refractivity contribution in [1.82, 2.24) is 4.98 Å². The highest BCUT2D eigenvalue weighted by Crippen LogP contribution is 2.42. The lowest BCUT2D eigenvalue weighted by molar-refractivity contribution is -0.145. The number of aromatic nitrogens is 1. The molecule has 0 spiro atoms. The number of anilines is 1. The fraction of sp³-hybridized carbons (Fsp3) is 0.526. The maximum absolute atomic E-state index is 13.0. The van der Waals surface area contributed by atoms with Gasteiger partial charge in [0.15, 0.2) is 11.5 Å². The van der Waals surface area contributed by atoms with Crippen LogP contribution in [0.15, 0.2) is 22.6 Å². The zero-order chi connectivity index (χ0) is 18.0. The van der Waals surface area contributed by atoms with E-state index in [0.29, 0.717) is 22.7 Å². The summed E-state index contributed by atoms with van der Waals surface area (Å²) in [5.74, 6) is -0.515. The van der Waals surface area contributed by atoms with Crippen molar-refractivity contribution in [1.29, 1.82) is 0 Å². The lowest BCUT2D eigenvalue weighted by Crippen LogP contribution is -2.42. The Bertz CT molecular complexity index is 792. The highest BCUT2D eigenvalue weighted by atomic mass is 16.4. The van der Waals surface area contributed by atoms with E-state index in [1.54, 1.807) is 32.0 Å². The van der Waals surface area contributed by atoms with E-state index in [1.165, 1.54) is 0 Å². The molecule has 0 radical (unpaired) electrons.